The van der Waals surface area contributed by atoms with E-state index in [1.807, 2.05) is 32.0 Å². The third kappa shape index (κ3) is 6.19. The smallest absolute Gasteiger partial charge is 0.269 e. The van der Waals surface area contributed by atoms with Crippen molar-refractivity contribution in [3.63, 3.8) is 0 Å². The van der Waals surface area contributed by atoms with E-state index in [4.69, 9.17) is 16.3 Å². The molecule has 0 heterocycles. The van der Waals surface area contributed by atoms with Crippen LogP contribution in [0.2, 0.25) is 5.02 Å². The molecule has 33 heavy (non-hydrogen) atoms. The van der Waals surface area contributed by atoms with Gasteiger partial charge in [0.25, 0.3) is 11.6 Å². The monoisotopic (exact) mass is 461 g/mol. The predicted molar refractivity (Wildman–Crippen MR) is 127 cm³/mol. The standard InChI is InChI=1S/C25H20ClN3O4/c1-16-3-7-22(11-17(16)2)28-25(30)20(14-27)12-19-13-21(26)6-10-24(19)33-15-18-4-8-23(9-5-18)29(31)32/h3-13H,15H2,1-2H3,(H,28,30)/b20-12+. The molecule has 3 aromatic rings. The zero-order chi connectivity index (χ0) is 24.0. The zero-order valence-electron chi connectivity index (χ0n) is 18.0. The second-order valence-corrected chi connectivity index (χ2v) is 7.75. The van der Waals surface area contributed by atoms with E-state index in [0.717, 1.165) is 16.7 Å². The number of rotatable bonds is 7. The van der Waals surface area contributed by atoms with Crippen molar-refractivity contribution in [3.8, 4) is 11.8 Å². The van der Waals surface area contributed by atoms with E-state index in [0.29, 0.717) is 22.0 Å². The van der Waals surface area contributed by atoms with E-state index in [1.165, 1.54) is 18.2 Å². The van der Waals surface area contributed by atoms with E-state index >= 15 is 0 Å². The average Bonchev–Trinajstić information content (AvgIpc) is 2.79. The van der Waals surface area contributed by atoms with Crippen molar-refractivity contribution >= 4 is 35.0 Å². The van der Waals surface area contributed by atoms with Crippen LogP contribution in [-0.2, 0) is 11.4 Å². The molecule has 7 nitrogen and oxygen atoms in total. The van der Waals surface area contributed by atoms with Crippen LogP contribution in [0.5, 0.6) is 5.75 Å². The van der Waals surface area contributed by atoms with Crippen molar-refractivity contribution in [1.29, 1.82) is 5.26 Å². The number of nitriles is 1. The highest BCUT2D eigenvalue weighted by molar-refractivity contribution is 6.30. The maximum atomic E-state index is 12.7. The molecule has 3 aromatic carbocycles. The number of non-ortho nitro benzene ring substituents is 1. The molecule has 1 amide bonds. The minimum absolute atomic E-state index is 0.0117. The number of nitro groups is 1. The summed E-state index contributed by atoms with van der Waals surface area (Å²) < 4.78 is 5.84. The summed E-state index contributed by atoms with van der Waals surface area (Å²) in [5.74, 6) is -0.147. The largest absolute Gasteiger partial charge is 0.488 e. The van der Waals surface area contributed by atoms with Crippen LogP contribution < -0.4 is 10.1 Å². The maximum absolute atomic E-state index is 12.7. The van der Waals surface area contributed by atoms with Gasteiger partial charge in [0.2, 0.25) is 0 Å². The van der Waals surface area contributed by atoms with Gasteiger partial charge in [0, 0.05) is 28.4 Å². The lowest BCUT2D eigenvalue weighted by Crippen LogP contribution is -2.13. The first-order chi connectivity index (χ1) is 15.8. The zero-order valence-corrected chi connectivity index (χ0v) is 18.7. The van der Waals surface area contributed by atoms with Crippen LogP contribution >= 0.6 is 11.6 Å². The number of hydrogen-bond donors (Lipinski definition) is 1. The first-order valence-corrected chi connectivity index (χ1v) is 10.3. The normalized spacial score (nSPS) is 10.9. The Kier molecular flexibility index (Phi) is 7.44. The summed E-state index contributed by atoms with van der Waals surface area (Å²) in [6.07, 6.45) is 1.41. The molecule has 8 heteroatoms. The van der Waals surface area contributed by atoms with Gasteiger partial charge in [-0.1, -0.05) is 17.7 Å². The Morgan fingerprint density at radius 2 is 1.85 bits per heavy atom. The molecule has 0 bridgehead atoms. The molecule has 0 spiro atoms. The van der Waals surface area contributed by atoms with Gasteiger partial charge in [-0.3, -0.25) is 14.9 Å². The van der Waals surface area contributed by atoms with E-state index in [1.54, 1.807) is 36.4 Å². The number of halogens is 1. The van der Waals surface area contributed by atoms with Gasteiger partial charge in [0.15, 0.2) is 0 Å². The summed E-state index contributed by atoms with van der Waals surface area (Å²) in [5.41, 5.74) is 3.75. The number of carbonyl (C=O) groups excluding carboxylic acids is 1. The number of benzene rings is 3. The fourth-order valence-corrected chi connectivity index (χ4v) is 3.14. The van der Waals surface area contributed by atoms with Gasteiger partial charge in [-0.05, 0) is 79.1 Å². The summed E-state index contributed by atoms with van der Waals surface area (Å²) in [6, 6.07) is 18.3. The Bertz CT molecular complexity index is 1280. The Balaban J connectivity index is 1.81. The number of anilines is 1. The Hall–Kier alpha value is -4.15. The van der Waals surface area contributed by atoms with Gasteiger partial charge in [-0.15, -0.1) is 0 Å². The van der Waals surface area contributed by atoms with Gasteiger partial charge in [-0.2, -0.15) is 5.26 Å². The van der Waals surface area contributed by atoms with Crippen LogP contribution in [0.3, 0.4) is 0 Å². The molecular formula is C25H20ClN3O4. The number of aryl methyl sites for hydroxylation is 2. The van der Waals surface area contributed by atoms with Gasteiger partial charge in [0.05, 0.1) is 4.92 Å². The van der Waals surface area contributed by atoms with Crippen LogP contribution in [0.25, 0.3) is 6.08 Å². The third-order valence-electron chi connectivity index (χ3n) is 4.94. The summed E-state index contributed by atoms with van der Waals surface area (Å²) in [5, 5.41) is 23.5. The SMILES string of the molecule is Cc1ccc(NC(=O)/C(C#N)=C/c2cc(Cl)ccc2OCc2ccc([N+](=O)[O-])cc2)cc1C. The fraction of sp³-hybridized carbons (Fsp3) is 0.120. The lowest BCUT2D eigenvalue weighted by molar-refractivity contribution is -0.384. The van der Waals surface area contributed by atoms with Crippen LogP contribution in [0.4, 0.5) is 11.4 Å². The van der Waals surface area contributed by atoms with E-state index in [2.05, 4.69) is 5.32 Å². The number of nitrogens with zero attached hydrogens (tertiary/aromatic N) is 2. The minimum Gasteiger partial charge on any atom is -0.488 e. The molecule has 0 aromatic heterocycles. The van der Waals surface area contributed by atoms with Crippen molar-refractivity contribution in [1.82, 2.24) is 0 Å². The van der Waals surface area contributed by atoms with E-state index in [-0.39, 0.29) is 17.9 Å². The number of carbonyl (C=O) groups is 1. The number of nitrogens with one attached hydrogen (secondary N) is 1. The quantitative estimate of drug-likeness (QED) is 0.201. The number of nitro benzene ring substituents is 1. The molecule has 1 N–H and O–H groups in total. The van der Waals surface area contributed by atoms with E-state index < -0.39 is 10.8 Å². The first-order valence-electron chi connectivity index (χ1n) is 9.93. The summed E-state index contributed by atoms with van der Waals surface area (Å²) in [6.45, 7) is 4.04. The highest BCUT2D eigenvalue weighted by Gasteiger charge is 2.13. The average molecular weight is 462 g/mol. The Labute approximate surface area is 196 Å². The van der Waals surface area contributed by atoms with E-state index in [9.17, 15) is 20.2 Å². The van der Waals surface area contributed by atoms with Gasteiger partial charge in [-0.25, -0.2) is 0 Å². The second kappa shape index (κ2) is 10.4. The molecule has 0 fully saturated rings. The first kappa shape index (κ1) is 23.5. The molecule has 0 aliphatic heterocycles. The van der Waals surface area contributed by atoms with Crippen molar-refractivity contribution < 1.29 is 14.5 Å². The summed E-state index contributed by atoms with van der Waals surface area (Å²) in [7, 11) is 0. The molecule has 0 saturated heterocycles. The van der Waals surface area contributed by atoms with Gasteiger partial charge >= 0.3 is 0 Å². The van der Waals surface area contributed by atoms with Crippen molar-refractivity contribution in [2.45, 2.75) is 20.5 Å². The number of ether oxygens (including phenoxy) is 1. The van der Waals surface area contributed by atoms with Crippen molar-refractivity contribution in [3.05, 3.63) is 104 Å². The van der Waals surface area contributed by atoms with Gasteiger partial charge in [0.1, 0.15) is 24.0 Å². The van der Waals surface area contributed by atoms with Gasteiger partial charge < -0.3 is 10.1 Å². The van der Waals surface area contributed by atoms with Crippen LogP contribution in [0.1, 0.15) is 22.3 Å². The minimum atomic E-state index is -0.554. The topological polar surface area (TPSA) is 105 Å². The lowest BCUT2D eigenvalue weighted by atomic mass is 10.1. The molecule has 0 unspecified atom stereocenters. The summed E-state index contributed by atoms with van der Waals surface area (Å²) in [4.78, 5) is 23.0. The predicted octanol–water partition coefficient (Wildman–Crippen LogP) is 5.99. The third-order valence-corrected chi connectivity index (χ3v) is 5.18. The molecular weight excluding hydrogens is 442 g/mol. The molecule has 0 aliphatic rings. The molecule has 0 saturated carbocycles. The highest BCUT2D eigenvalue weighted by Crippen LogP contribution is 2.27. The second-order valence-electron chi connectivity index (χ2n) is 7.32. The molecule has 0 aliphatic carbocycles. The Morgan fingerprint density at radius 1 is 1.12 bits per heavy atom. The molecule has 166 valence electrons. The molecule has 3 rings (SSSR count). The van der Waals surface area contributed by atoms with Crippen LogP contribution in [0.15, 0.2) is 66.2 Å². The van der Waals surface area contributed by atoms with Crippen molar-refractivity contribution in [2.75, 3.05) is 5.32 Å². The maximum Gasteiger partial charge on any atom is 0.269 e. The summed E-state index contributed by atoms with van der Waals surface area (Å²) >= 11 is 6.12. The molecule has 0 radical (unpaired) electrons. The lowest BCUT2D eigenvalue weighted by Gasteiger charge is -2.11. The Morgan fingerprint density at radius 3 is 2.48 bits per heavy atom. The van der Waals surface area contributed by atoms with Crippen molar-refractivity contribution in [2.24, 2.45) is 0 Å². The van der Waals surface area contributed by atoms with Crippen LogP contribution in [0, 0.1) is 35.3 Å². The highest BCUT2D eigenvalue weighted by atomic mass is 35.5. The number of hydrogen-bond acceptors (Lipinski definition) is 5. The number of amides is 1. The van der Waals surface area contributed by atoms with Crippen LogP contribution in [-0.4, -0.2) is 10.8 Å². The fourth-order valence-electron chi connectivity index (χ4n) is 2.96. The molecule has 0 atom stereocenters.